The number of aryl methyl sites for hydroxylation is 1. The summed E-state index contributed by atoms with van der Waals surface area (Å²) in [7, 11) is 0. The highest BCUT2D eigenvalue weighted by molar-refractivity contribution is 5.99. The van der Waals surface area contributed by atoms with Gasteiger partial charge in [0.05, 0.1) is 11.0 Å². The number of fused-ring (bicyclic) bond motifs is 1. The number of hydrogen-bond acceptors (Lipinski definition) is 8. The molecule has 14 nitrogen and oxygen atoms in total. The maximum atomic E-state index is 13.9. The molecule has 1 atom stereocenters. The van der Waals surface area contributed by atoms with Gasteiger partial charge in [-0.1, -0.05) is 30.3 Å². The Kier molecular flexibility index (Phi) is 14.8. The van der Waals surface area contributed by atoms with E-state index < -0.39 is 41.2 Å². The van der Waals surface area contributed by atoms with Crippen LogP contribution in [0.5, 0.6) is 0 Å². The lowest BCUT2D eigenvalue weighted by atomic mass is 9.81. The summed E-state index contributed by atoms with van der Waals surface area (Å²) in [6.07, 6.45) is -1.67. The van der Waals surface area contributed by atoms with Crippen molar-refractivity contribution >= 4 is 46.6 Å². The summed E-state index contributed by atoms with van der Waals surface area (Å²) in [5.41, 5.74) is 3.12. The average Bonchev–Trinajstić information content (AvgIpc) is 3.67. The summed E-state index contributed by atoms with van der Waals surface area (Å²) >= 11 is 0. The molecule has 5 amide bonds. The fraction of sp³-hybridized carbons (Fsp3) is 0.500. The van der Waals surface area contributed by atoms with Gasteiger partial charge in [-0.05, 0) is 145 Å². The summed E-state index contributed by atoms with van der Waals surface area (Å²) < 4.78 is 50.8. The fourth-order valence-corrected chi connectivity index (χ4v) is 8.11. The molecular weight excluding hydrogens is 844 g/mol. The molecule has 1 aliphatic carbocycles. The maximum Gasteiger partial charge on any atom is 0.449 e. The van der Waals surface area contributed by atoms with E-state index in [1.807, 2.05) is 64.1 Å². The molecule has 5 N–H and O–H groups in total. The first kappa shape index (κ1) is 48.3. The van der Waals surface area contributed by atoms with E-state index in [-0.39, 0.29) is 58.9 Å². The highest BCUT2D eigenvalue weighted by Crippen LogP contribution is 2.31. The highest BCUT2D eigenvalue weighted by Gasteiger charge is 2.35. The van der Waals surface area contributed by atoms with Crippen molar-refractivity contribution in [1.82, 2.24) is 30.8 Å². The largest absolute Gasteiger partial charge is 0.449 e. The van der Waals surface area contributed by atoms with Crippen LogP contribution in [0.1, 0.15) is 107 Å². The van der Waals surface area contributed by atoms with Crippen molar-refractivity contribution in [2.45, 2.75) is 123 Å². The molecule has 350 valence electrons. The first-order valence-electron chi connectivity index (χ1n) is 22.1. The van der Waals surface area contributed by atoms with Crippen LogP contribution in [-0.2, 0) is 31.7 Å². The van der Waals surface area contributed by atoms with Gasteiger partial charge in [0.15, 0.2) is 0 Å². The molecule has 17 heteroatoms. The van der Waals surface area contributed by atoms with Gasteiger partial charge in [0.1, 0.15) is 17.2 Å². The first-order valence-corrected chi connectivity index (χ1v) is 22.1. The first-order chi connectivity index (χ1) is 30.5. The number of halogens is 3. The van der Waals surface area contributed by atoms with Crippen molar-refractivity contribution in [2.75, 3.05) is 25.0 Å². The lowest BCUT2D eigenvalue weighted by molar-refractivity contribution is -0.144. The Morgan fingerprint density at radius 1 is 0.831 bits per heavy atom. The molecule has 1 aliphatic heterocycles. The summed E-state index contributed by atoms with van der Waals surface area (Å²) in [5, 5.41) is 11.6. The predicted molar refractivity (Wildman–Crippen MR) is 240 cm³/mol. The minimum atomic E-state index is -4.68. The number of aromatic amines is 1. The number of ether oxygens (including phenoxy) is 2. The molecule has 2 heterocycles. The van der Waals surface area contributed by atoms with Gasteiger partial charge in [-0.3, -0.25) is 14.4 Å². The normalized spacial score (nSPS) is 17.8. The fourth-order valence-electron chi connectivity index (χ4n) is 8.11. The molecule has 3 aromatic carbocycles. The van der Waals surface area contributed by atoms with Crippen molar-refractivity contribution in [3.63, 3.8) is 0 Å². The van der Waals surface area contributed by atoms with Gasteiger partial charge >= 0.3 is 18.4 Å². The Labute approximate surface area is 377 Å². The second kappa shape index (κ2) is 19.9. The summed E-state index contributed by atoms with van der Waals surface area (Å²) in [4.78, 5) is 73.1. The molecule has 1 saturated heterocycles. The van der Waals surface area contributed by atoms with Crippen LogP contribution in [0.2, 0.25) is 0 Å². The van der Waals surface area contributed by atoms with Crippen molar-refractivity contribution in [3.8, 4) is 11.1 Å². The number of amides is 5. The van der Waals surface area contributed by atoms with Crippen LogP contribution in [0.3, 0.4) is 0 Å². The average molecular weight is 904 g/mol. The number of carbonyl (C=O) groups excluding carboxylic acids is 5. The second-order valence-electron chi connectivity index (χ2n) is 19.1. The molecule has 0 radical (unpaired) electrons. The van der Waals surface area contributed by atoms with E-state index in [0.717, 1.165) is 22.3 Å². The Hall–Kier alpha value is -6.13. The highest BCUT2D eigenvalue weighted by atomic mass is 19.4. The van der Waals surface area contributed by atoms with Gasteiger partial charge in [0.2, 0.25) is 17.6 Å². The van der Waals surface area contributed by atoms with Crippen LogP contribution in [0.15, 0.2) is 60.7 Å². The summed E-state index contributed by atoms with van der Waals surface area (Å²) in [5.74, 6) is -2.38. The number of alkyl halides is 3. The number of piperidine rings is 1. The molecule has 1 aromatic heterocycles. The second-order valence-corrected chi connectivity index (χ2v) is 19.1. The van der Waals surface area contributed by atoms with Crippen LogP contribution < -0.4 is 21.3 Å². The van der Waals surface area contributed by atoms with E-state index in [4.69, 9.17) is 9.47 Å². The standard InChI is InChI=1S/C48H60F3N7O7/c1-28-24-33(41(60)53-34-20-22-58(23-21-34)45(63)65-47(5,6)7)16-18-36(28)31-12-8-29(9-13-31)25-39(42(61)54-35-17-19-37-38(26-35)57-43(56-37)48(49,50)51)55-40(59)32-14-10-30(11-15-32)27-52-44(62)64-46(2,3)4/h8-9,12-13,16-19,24,26,30,32,34,39H,10-11,14-15,20-23,25,27H2,1-7H3,(H,52,62)(H,53,60)(H,54,61)(H,55,59)(H,56,57)/t30?,32?,39-/m0/s1. The molecule has 0 bridgehead atoms. The Morgan fingerprint density at radius 3 is 2.11 bits per heavy atom. The smallest absolute Gasteiger partial charge is 0.444 e. The number of benzene rings is 3. The quantitative estimate of drug-likeness (QED) is 0.0991. The molecule has 0 unspecified atom stereocenters. The van der Waals surface area contributed by atoms with Gasteiger partial charge in [-0.2, -0.15) is 13.2 Å². The zero-order valence-corrected chi connectivity index (χ0v) is 38.0. The van der Waals surface area contributed by atoms with Crippen molar-refractivity contribution < 1.29 is 46.6 Å². The SMILES string of the molecule is Cc1cc(C(=O)NC2CCN(C(=O)OC(C)(C)C)CC2)ccc1-c1ccc(C[C@H](NC(=O)C2CCC(CNC(=O)OC(C)(C)C)CC2)C(=O)Nc2ccc3nc(C(F)(F)F)[nH]c3c2)cc1. The molecule has 2 aliphatic rings. The maximum absolute atomic E-state index is 13.9. The van der Waals surface area contributed by atoms with E-state index in [2.05, 4.69) is 31.2 Å². The summed E-state index contributed by atoms with van der Waals surface area (Å²) in [6, 6.07) is 16.1. The third-order valence-corrected chi connectivity index (χ3v) is 11.5. The molecule has 2 fully saturated rings. The zero-order chi connectivity index (χ0) is 47.3. The number of rotatable bonds is 11. The minimum absolute atomic E-state index is 0.0780. The van der Waals surface area contributed by atoms with Gasteiger partial charge in [-0.25, -0.2) is 14.6 Å². The Morgan fingerprint density at radius 2 is 1.49 bits per heavy atom. The molecule has 65 heavy (non-hydrogen) atoms. The van der Waals surface area contributed by atoms with Crippen LogP contribution >= 0.6 is 0 Å². The van der Waals surface area contributed by atoms with E-state index in [1.54, 1.807) is 31.7 Å². The summed E-state index contributed by atoms with van der Waals surface area (Å²) in [6.45, 7) is 14.2. The molecule has 6 rings (SSSR count). The van der Waals surface area contributed by atoms with E-state index in [1.165, 1.54) is 18.2 Å². The predicted octanol–water partition coefficient (Wildman–Crippen LogP) is 8.68. The number of alkyl carbamates (subject to hydrolysis) is 1. The Bertz CT molecular complexity index is 2350. The minimum Gasteiger partial charge on any atom is -0.444 e. The molecular formula is C48H60F3N7O7. The lowest BCUT2D eigenvalue weighted by Gasteiger charge is -2.33. The molecule has 0 spiro atoms. The number of nitrogens with one attached hydrogen (secondary N) is 5. The van der Waals surface area contributed by atoms with E-state index >= 15 is 0 Å². The number of anilines is 1. The number of imidazole rings is 1. The van der Waals surface area contributed by atoms with Gasteiger partial charge in [0, 0.05) is 49.3 Å². The van der Waals surface area contributed by atoms with Crippen LogP contribution in [0, 0.1) is 18.8 Å². The van der Waals surface area contributed by atoms with Crippen molar-refractivity contribution in [1.29, 1.82) is 0 Å². The van der Waals surface area contributed by atoms with Crippen LogP contribution in [0.25, 0.3) is 22.2 Å². The van der Waals surface area contributed by atoms with Crippen LogP contribution in [0.4, 0.5) is 28.4 Å². The third kappa shape index (κ3) is 13.7. The monoisotopic (exact) mass is 903 g/mol. The topological polar surface area (TPSA) is 184 Å². The lowest BCUT2D eigenvalue weighted by Crippen LogP contribution is -2.48. The van der Waals surface area contributed by atoms with Crippen molar-refractivity contribution in [3.05, 3.63) is 83.2 Å². The Balaban J connectivity index is 1.10. The number of carbonyl (C=O) groups is 5. The van der Waals surface area contributed by atoms with E-state index in [0.29, 0.717) is 63.7 Å². The number of nitrogens with zero attached hydrogens (tertiary/aromatic N) is 2. The number of likely N-dealkylation sites (tertiary alicyclic amines) is 1. The molecule has 4 aromatic rings. The number of H-pyrrole nitrogens is 1. The number of aromatic nitrogens is 2. The number of hydrogen-bond donors (Lipinski definition) is 5. The van der Waals surface area contributed by atoms with Gasteiger partial charge < -0.3 is 40.6 Å². The van der Waals surface area contributed by atoms with Gasteiger partial charge in [-0.15, -0.1) is 0 Å². The zero-order valence-electron chi connectivity index (χ0n) is 38.0. The van der Waals surface area contributed by atoms with Gasteiger partial charge in [0.25, 0.3) is 5.91 Å². The van der Waals surface area contributed by atoms with E-state index in [9.17, 15) is 37.1 Å². The molecule has 1 saturated carbocycles. The van der Waals surface area contributed by atoms with Crippen LogP contribution in [-0.4, -0.2) is 87.7 Å². The van der Waals surface area contributed by atoms with Crippen molar-refractivity contribution in [2.24, 2.45) is 11.8 Å². The third-order valence-electron chi connectivity index (χ3n) is 11.5.